The molecule has 0 heterocycles. The van der Waals surface area contributed by atoms with Gasteiger partial charge >= 0.3 is 7.12 Å². The minimum atomic E-state index is -0.993. The van der Waals surface area contributed by atoms with E-state index in [1.54, 1.807) is 33.7 Å². The molecular formula is C11H23BO3. The Morgan fingerprint density at radius 2 is 1.80 bits per heavy atom. The second kappa shape index (κ2) is 5.68. The molecule has 0 amide bonds. The van der Waals surface area contributed by atoms with Crippen LogP contribution in [-0.4, -0.2) is 28.5 Å². The summed E-state index contributed by atoms with van der Waals surface area (Å²) < 4.78 is 5.37. The first-order valence-corrected chi connectivity index (χ1v) is 5.45. The zero-order valence-corrected chi connectivity index (χ0v) is 10.4. The summed E-state index contributed by atoms with van der Waals surface area (Å²) in [6.45, 7) is 8.90. The standard InChI is InChI=1S/C11H23BO3/c1-6-7-8-9-12(14)15-11(4,5)10(2,3)13/h8-9,13-14H,6-7H2,1-5H3/b9-8+. The molecule has 0 atom stereocenters. The van der Waals surface area contributed by atoms with Crippen LogP contribution < -0.4 is 0 Å². The Bertz CT molecular complexity index is 206. The predicted molar refractivity (Wildman–Crippen MR) is 63.5 cm³/mol. The normalized spacial score (nSPS) is 13.5. The van der Waals surface area contributed by atoms with Crippen LogP contribution in [0.1, 0.15) is 47.5 Å². The fourth-order valence-corrected chi connectivity index (χ4v) is 0.865. The van der Waals surface area contributed by atoms with Gasteiger partial charge in [0.2, 0.25) is 0 Å². The summed E-state index contributed by atoms with van der Waals surface area (Å²) in [7, 11) is -0.960. The van der Waals surface area contributed by atoms with E-state index in [0.717, 1.165) is 12.8 Å². The van der Waals surface area contributed by atoms with E-state index in [9.17, 15) is 10.1 Å². The van der Waals surface area contributed by atoms with Crippen LogP contribution >= 0.6 is 0 Å². The molecular weight excluding hydrogens is 191 g/mol. The lowest BCUT2D eigenvalue weighted by molar-refractivity contribution is -0.0984. The van der Waals surface area contributed by atoms with Gasteiger partial charge in [0.25, 0.3) is 0 Å². The second-order valence-electron chi connectivity index (χ2n) is 4.79. The third-order valence-electron chi connectivity index (χ3n) is 2.64. The molecule has 15 heavy (non-hydrogen) atoms. The highest BCUT2D eigenvalue weighted by Gasteiger charge is 2.38. The Morgan fingerprint density at radius 1 is 1.27 bits per heavy atom. The van der Waals surface area contributed by atoms with Crippen LogP contribution in [0.2, 0.25) is 0 Å². The minimum absolute atomic E-state index is 0.789. The van der Waals surface area contributed by atoms with E-state index in [4.69, 9.17) is 4.65 Å². The summed E-state index contributed by atoms with van der Waals surface area (Å²) in [5, 5.41) is 19.4. The monoisotopic (exact) mass is 214 g/mol. The Labute approximate surface area is 93.3 Å². The zero-order chi connectivity index (χ0) is 12.1. The number of allylic oxidation sites excluding steroid dienone is 1. The predicted octanol–water partition coefficient (Wildman–Crippen LogP) is 1.93. The molecule has 0 aromatic carbocycles. The van der Waals surface area contributed by atoms with Gasteiger partial charge in [-0.15, -0.1) is 0 Å². The van der Waals surface area contributed by atoms with Crippen molar-refractivity contribution in [2.24, 2.45) is 0 Å². The van der Waals surface area contributed by atoms with Crippen molar-refractivity contribution in [3.63, 3.8) is 0 Å². The first-order valence-electron chi connectivity index (χ1n) is 5.45. The van der Waals surface area contributed by atoms with E-state index in [1.165, 1.54) is 0 Å². The van der Waals surface area contributed by atoms with Crippen molar-refractivity contribution in [2.75, 3.05) is 0 Å². The summed E-state index contributed by atoms with van der Waals surface area (Å²) >= 11 is 0. The first kappa shape index (κ1) is 14.7. The summed E-state index contributed by atoms with van der Waals surface area (Å²) in [6, 6.07) is 0. The van der Waals surface area contributed by atoms with Gasteiger partial charge in [-0.2, -0.15) is 0 Å². The molecule has 0 rings (SSSR count). The minimum Gasteiger partial charge on any atom is -0.423 e. The average Bonchev–Trinajstić information content (AvgIpc) is 2.01. The number of unbranched alkanes of at least 4 members (excludes halogenated alkanes) is 1. The van der Waals surface area contributed by atoms with Gasteiger partial charge in [0.1, 0.15) is 0 Å². The Balaban J connectivity index is 4.22. The fourth-order valence-electron chi connectivity index (χ4n) is 0.865. The Hall–Kier alpha value is -0.315. The molecule has 3 nitrogen and oxygen atoms in total. The van der Waals surface area contributed by atoms with Gasteiger partial charge in [-0.1, -0.05) is 25.4 Å². The molecule has 0 aromatic heterocycles. The fraction of sp³-hybridized carbons (Fsp3) is 0.818. The van der Waals surface area contributed by atoms with Gasteiger partial charge in [-0.05, 0) is 34.1 Å². The lowest BCUT2D eigenvalue weighted by Crippen LogP contribution is -2.50. The third-order valence-corrected chi connectivity index (χ3v) is 2.64. The quantitative estimate of drug-likeness (QED) is 0.664. The molecule has 0 fully saturated rings. The Morgan fingerprint density at radius 3 is 2.20 bits per heavy atom. The SMILES string of the molecule is CCC/C=C/B(O)OC(C)(C)C(C)(C)O. The number of aliphatic hydroxyl groups is 1. The number of rotatable bonds is 6. The molecule has 0 radical (unpaired) electrons. The maximum Gasteiger partial charge on any atom is 0.483 e. The van der Waals surface area contributed by atoms with Crippen LogP contribution in [0.25, 0.3) is 0 Å². The molecule has 0 aliphatic heterocycles. The lowest BCUT2D eigenvalue weighted by Gasteiger charge is -2.38. The molecule has 2 N–H and O–H groups in total. The molecule has 0 saturated carbocycles. The van der Waals surface area contributed by atoms with Crippen LogP contribution in [0.4, 0.5) is 0 Å². The lowest BCUT2D eigenvalue weighted by atomic mass is 9.83. The summed E-state index contributed by atoms with van der Waals surface area (Å²) in [5.41, 5.74) is -1.78. The van der Waals surface area contributed by atoms with Crippen molar-refractivity contribution in [1.82, 2.24) is 0 Å². The number of hydrogen-bond acceptors (Lipinski definition) is 3. The van der Waals surface area contributed by atoms with E-state index < -0.39 is 18.3 Å². The molecule has 0 saturated heterocycles. The van der Waals surface area contributed by atoms with Crippen LogP contribution in [0, 0.1) is 0 Å². The average molecular weight is 214 g/mol. The van der Waals surface area contributed by atoms with Crippen molar-refractivity contribution in [2.45, 2.75) is 58.7 Å². The Kier molecular flexibility index (Phi) is 5.56. The second-order valence-corrected chi connectivity index (χ2v) is 4.79. The van der Waals surface area contributed by atoms with Gasteiger partial charge in [-0.25, -0.2) is 0 Å². The summed E-state index contributed by atoms with van der Waals surface area (Å²) in [4.78, 5) is 0. The van der Waals surface area contributed by atoms with Crippen molar-refractivity contribution < 1.29 is 14.8 Å². The maximum absolute atomic E-state index is 9.81. The largest absolute Gasteiger partial charge is 0.483 e. The topological polar surface area (TPSA) is 49.7 Å². The molecule has 0 aliphatic rings. The highest BCUT2D eigenvalue weighted by Crippen LogP contribution is 2.25. The summed E-state index contributed by atoms with van der Waals surface area (Å²) in [5.74, 6) is 1.61. The molecule has 0 spiro atoms. The van der Waals surface area contributed by atoms with E-state index in [-0.39, 0.29) is 0 Å². The van der Waals surface area contributed by atoms with Gasteiger partial charge < -0.3 is 14.8 Å². The van der Waals surface area contributed by atoms with E-state index in [1.807, 2.05) is 6.08 Å². The van der Waals surface area contributed by atoms with E-state index >= 15 is 0 Å². The van der Waals surface area contributed by atoms with Crippen molar-refractivity contribution in [1.29, 1.82) is 0 Å². The third kappa shape index (κ3) is 5.35. The molecule has 0 aromatic rings. The smallest absolute Gasteiger partial charge is 0.423 e. The van der Waals surface area contributed by atoms with Gasteiger partial charge in [0.05, 0.1) is 11.2 Å². The molecule has 0 bridgehead atoms. The van der Waals surface area contributed by atoms with Crippen molar-refractivity contribution in [3.05, 3.63) is 12.1 Å². The van der Waals surface area contributed by atoms with Crippen LogP contribution in [-0.2, 0) is 4.65 Å². The molecule has 88 valence electrons. The van der Waals surface area contributed by atoms with Gasteiger partial charge in [0.15, 0.2) is 0 Å². The van der Waals surface area contributed by atoms with E-state index in [0.29, 0.717) is 0 Å². The van der Waals surface area contributed by atoms with Crippen molar-refractivity contribution >= 4 is 7.12 Å². The maximum atomic E-state index is 9.81. The van der Waals surface area contributed by atoms with Crippen LogP contribution in [0.5, 0.6) is 0 Å². The van der Waals surface area contributed by atoms with Crippen LogP contribution in [0.3, 0.4) is 0 Å². The van der Waals surface area contributed by atoms with Crippen molar-refractivity contribution in [3.8, 4) is 0 Å². The number of hydrogen-bond donors (Lipinski definition) is 2. The summed E-state index contributed by atoms with van der Waals surface area (Å²) in [6.07, 6.45) is 3.84. The highest BCUT2D eigenvalue weighted by atomic mass is 16.5. The van der Waals surface area contributed by atoms with Gasteiger partial charge in [-0.3, -0.25) is 0 Å². The zero-order valence-electron chi connectivity index (χ0n) is 10.4. The van der Waals surface area contributed by atoms with Crippen LogP contribution in [0.15, 0.2) is 12.1 Å². The molecule has 4 heteroatoms. The highest BCUT2D eigenvalue weighted by molar-refractivity contribution is 6.49. The van der Waals surface area contributed by atoms with Gasteiger partial charge in [0, 0.05) is 0 Å². The van der Waals surface area contributed by atoms with E-state index in [2.05, 4.69) is 6.92 Å². The molecule has 0 unspecified atom stereocenters. The first-order chi connectivity index (χ1) is 6.70. The molecule has 0 aliphatic carbocycles.